The summed E-state index contributed by atoms with van der Waals surface area (Å²) in [4.78, 5) is 8.99. The number of fused-ring (bicyclic) bond motifs is 1. The lowest BCUT2D eigenvalue weighted by Gasteiger charge is -2.10. The Morgan fingerprint density at radius 1 is 1.07 bits per heavy atom. The lowest BCUT2D eigenvalue weighted by atomic mass is 10.1. The first-order valence-electron chi connectivity index (χ1n) is 5.03. The highest BCUT2D eigenvalue weighted by atomic mass is 16.5. The van der Waals surface area contributed by atoms with Crippen LogP contribution in [0, 0.1) is 0 Å². The number of hydrogen-bond donors (Lipinski definition) is 0. The van der Waals surface area contributed by atoms with E-state index in [1.807, 2.05) is 24.3 Å². The van der Waals surface area contributed by atoms with Gasteiger partial charge in [-0.1, -0.05) is 26.0 Å². The SMILES string of the molecule is COc1nc2ccccc2nc1C(C)C. The average molecular weight is 202 g/mol. The Balaban J connectivity index is 2.69. The molecule has 1 aromatic carbocycles. The van der Waals surface area contributed by atoms with Crippen molar-refractivity contribution in [2.75, 3.05) is 7.11 Å². The highest BCUT2D eigenvalue weighted by Gasteiger charge is 2.11. The van der Waals surface area contributed by atoms with Crippen LogP contribution in [0.25, 0.3) is 11.0 Å². The van der Waals surface area contributed by atoms with Crippen LogP contribution in [0.3, 0.4) is 0 Å². The maximum absolute atomic E-state index is 5.24. The highest BCUT2D eigenvalue weighted by molar-refractivity contribution is 5.74. The first-order chi connectivity index (χ1) is 7.22. The van der Waals surface area contributed by atoms with Gasteiger partial charge in [-0.15, -0.1) is 0 Å². The van der Waals surface area contributed by atoms with Gasteiger partial charge in [0, 0.05) is 5.92 Å². The van der Waals surface area contributed by atoms with Gasteiger partial charge >= 0.3 is 0 Å². The van der Waals surface area contributed by atoms with E-state index in [1.165, 1.54) is 0 Å². The van der Waals surface area contributed by atoms with Crippen molar-refractivity contribution in [3.05, 3.63) is 30.0 Å². The van der Waals surface area contributed by atoms with E-state index in [9.17, 15) is 0 Å². The van der Waals surface area contributed by atoms with E-state index >= 15 is 0 Å². The van der Waals surface area contributed by atoms with Crippen LogP contribution in [0.4, 0.5) is 0 Å². The molecule has 0 bridgehead atoms. The van der Waals surface area contributed by atoms with Crippen LogP contribution in [0.15, 0.2) is 24.3 Å². The Morgan fingerprint density at radius 3 is 2.20 bits per heavy atom. The third-order valence-corrected chi connectivity index (χ3v) is 2.30. The van der Waals surface area contributed by atoms with Gasteiger partial charge in [0.1, 0.15) is 5.69 Å². The minimum Gasteiger partial charge on any atom is -0.480 e. The molecule has 0 amide bonds. The fourth-order valence-electron chi connectivity index (χ4n) is 1.52. The maximum atomic E-state index is 5.24. The summed E-state index contributed by atoms with van der Waals surface area (Å²) in [6, 6.07) is 7.82. The third-order valence-electron chi connectivity index (χ3n) is 2.30. The summed E-state index contributed by atoms with van der Waals surface area (Å²) in [5, 5.41) is 0. The quantitative estimate of drug-likeness (QED) is 0.751. The van der Waals surface area contributed by atoms with Gasteiger partial charge in [-0.25, -0.2) is 9.97 Å². The highest BCUT2D eigenvalue weighted by Crippen LogP contribution is 2.24. The number of rotatable bonds is 2. The molecule has 0 N–H and O–H groups in total. The van der Waals surface area contributed by atoms with Crippen LogP contribution in [0.1, 0.15) is 25.5 Å². The van der Waals surface area contributed by atoms with Gasteiger partial charge in [0.05, 0.1) is 18.1 Å². The van der Waals surface area contributed by atoms with Crippen LogP contribution < -0.4 is 4.74 Å². The number of benzene rings is 1. The van der Waals surface area contributed by atoms with E-state index < -0.39 is 0 Å². The molecule has 0 fully saturated rings. The van der Waals surface area contributed by atoms with E-state index in [-0.39, 0.29) is 0 Å². The van der Waals surface area contributed by atoms with Gasteiger partial charge in [-0.2, -0.15) is 0 Å². The van der Waals surface area contributed by atoms with Crippen molar-refractivity contribution in [2.24, 2.45) is 0 Å². The molecular weight excluding hydrogens is 188 g/mol. The van der Waals surface area contributed by atoms with Gasteiger partial charge in [0.2, 0.25) is 5.88 Å². The summed E-state index contributed by atoms with van der Waals surface area (Å²) in [7, 11) is 1.63. The molecule has 0 aliphatic carbocycles. The number of aromatic nitrogens is 2. The van der Waals surface area contributed by atoms with E-state index in [2.05, 4.69) is 23.8 Å². The summed E-state index contributed by atoms with van der Waals surface area (Å²) in [5.74, 6) is 0.945. The summed E-state index contributed by atoms with van der Waals surface area (Å²) in [5.41, 5.74) is 2.71. The molecule has 0 aliphatic rings. The van der Waals surface area contributed by atoms with E-state index in [0.29, 0.717) is 11.8 Å². The molecule has 3 nitrogen and oxygen atoms in total. The van der Waals surface area contributed by atoms with Crippen molar-refractivity contribution in [1.82, 2.24) is 9.97 Å². The molecule has 3 heteroatoms. The van der Waals surface area contributed by atoms with Crippen molar-refractivity contribution in [1.29, 1.82) is 0 Å². The predicted octanol–water partition coefficient (Wildman–Crippen LogP) is 2.76. The third kappa shape index (κ3) is 1.77. The van der Waals surface area contributed by atoms with Crippen molar-refractivity contribution in [3.63, 3.8) is 0 Å². The van der Waals surface area contributed by atoms with Crippen molar-refractivity contribution in [2.45, 2.75) is 19.8 Å². The minimum absolute atomic E-state index is 0.317. The minimum atomic E-state index is 0.317. The molecule has 2 aromatic rings. The molecule has 15 heavy (non-hydrogen) atoms. The lowest BCUT2D eigenvalue weighted by molar-refractivity contribution is 0.389. The van der Waals surface area contributed by atoms with Crippen molar-refractivity contribution >= 4 is 11.0 Å². The number of nitrogens with zero attached hydrogens (tertiary/aromatic N) is 2. The molecule has 0 radical (unpaired) electrons. The smallest absolute Gasteiger partial charge is 0.236 e. The molecule has 2 rings (SSSR count). The fourth-order valence-corrected chi connectivity index (χ4v) is 1.52. The van der Waals surface area contributed by atoms with Gasteiger partial charge in [0.25, 0.3) is 0 Å². The standard InChI is InChI=1S/C12H14N2O/c1-8(2)11-12(15-3)14-10-7-5-4-6-9(10)13-11/h4-8H,1-3H3. The van der Waals surface area contributed by atoms with Crippen LogP contribution in [0.5, 0.6) is 5.88 Å². The topological polar surface area (TPSA) is 35.0 Å². The number of hydrogen-bond acceptors (Lipinski definition) is 3. The Hall–Kier alpha value is -1.64. The summed E-state index contributed by atoms with van der Waals surface area (Å²) in [6.45, 7) is 4.17. The van der Waals surface area contributed by atoms with E-state index in [4.69, 9.17) is 4.74 Å². The van der Waals surface area contributed by atoms with Gasteiger partial charge in [-0.05, 0) is 12.1 Å². The van der Waals surface area contributed by atoms with E-state index in [0.717, 1.165) is 16.7 Å². The normalized spacial score (nSPS) is 10.9. The Bertz CT molecular complexity index is 480. The second-order valence-corrected chi connectivity index (χ2v) is 3.76. The Kier molecular flexibility index (Phi) is 2.54. The summed E-state index contributed by atoms with van der Waals surface area (Å²) >= 11 is 0. The van der Waals surface area contributed by atoms with Crippen LogP contribution >= 0.6 is 0 Å². The zero-order valence-corrected chi connectivity index (χ0v) is 9.19. The monoisotopic (exact) mass is 202 g/mol. The second-order valence-electron chi connectivity index (χ2n) is 3.76. The fraction of sp³-hybridized carbons (Fsp3) is 0.333. The molecule has 78 valence electrons. The Labute approximate surface area is 89.1 Å². The second kappa shape index (κ2) is 3.85. The van der Waals surface area contributed by atoms with Crippen LogP contribution in [-0.4, -0.2) is 17.1 Å². The largest absolute Gasteiger partial charge is 0.480 e. The molecule has 1 heterocycles. The molecular formula is C12H14N2O. The van der Waals surface area contributed by atoms with Crippen molar-refractivity contribution < 1.29 is 4.74 Å². The molecule has 0 atom stereocenters. The summed E-state index contributed by atoms with van der Waals surface area (Å²) < 4.78 is 5.24. The molecule has 0 spiro atoms. The molecule has 0 saturated heterocycles. The number of methoxy groups -OCH3 is 1. The zero-order chi connectivity index (χ0) is 10.8. The van der Waals surface area contributed by atoms with Crippen LogP contribution in [-0.2, 0) is 0 Å². The van der Waals surface area contributed by atoms with Gasteiger partial charge < -0.3 is 4.74 Å². The zero-order valence-electron chi connectivity index (χ0n) is 9.19. The number of para-hydroxylation sites is 2. The summed E-state index contributed by atoms with van der Waals surface area (Å²) in [6.07, 6.45) is 0. The molecule has 0 unspecified atom stereocenters. The van der Waals surface area contributed by atoms with Gasteiger partial charge in [0.15, 0.2) is 0 Å². The predicted molar refractivity (Wildman–Crippen MR) is 60.2 cm³/mol. The van der Waals surface area contributed by atoms with E-state index in [1.54, 1.807) is 7.11 Å². The molecule has 0 saturated carbocycles. The lowest BCUT2D eigenvalue weighted by Crippen LogP contribution is -2.01. The van der Waals surface area contributed by atoms with Gasteiger partial charge in [-0.3, -0.25) is 0 Å². The Morgan fingerprint density at radius 2 is 1.67 bits per heavy atom. The average Bonchev–Trinajstić information content (AvgIpc) is 2.27. The van der Waals surface area contributed by atoms with Crippen LogP contribution in [0.2, 0.25) is 0 Å². The first kappa shape index (κ1) is 9.90. The maximum Gasteiger partial charge on any atom is 0.236 e. The number of ether oxygens (including phenoxy) is 1. The molecule has 1 aromatic heterocycles. The molecule has 0 aliphatic heterocycles. The van der Waals surface area contributed by atoms with Crippen molar-refractivity contribution in [3.8, 4) is 5.88 Å². The first-order valence-corrected chi connectivity index (χ1v) is 5.03.